The van der Waals surface area contributed by atoms with E-state index in [2.05, 4.69) is 10.1 Å². The third-order valence-corrected chi connectivity index (χ3v) is 3.48. The lowest BCUT2D eigenvalue weighted by molar-refractivity contribution is -0.274. The second kappa shape index (κ2) is 6.95. The number of carbonyl (C=O) groups excluding carboxylic acids is 2. The Kier molecular flexibility index (Phi) is 4.70. The van der Waals surface area contributed by atoms with E-state index in [1.54, 1.807) is 24.3 Å². The van der Waals surface area contributed by atoms with Crippen LogP contribution in [0.1, 0.15) is 0 Å². The molecule has 1 aliphatic heterocycles. The average molecular weight is 366 g/mol. The van der Waals surface area contributed by atoms with Gasteiger partial charge in [0, 0.05) is 5.69 Å². The molecule has 1 heterocycles. The summed E-state index contributed by atoms with van der Waals surface area (Å²) in [5.41, 5.74) is 0.756. The highest BCUT2D eigenvalue weighted by molar-refractivity contribution is 6.04. The van der Waals surface area contributed by atoms with E-state index >= 15 is 0 Å². The smallest absolute Gasteiger partial charge is 0.482 e. The minimum absolute atomic E-state index is 0.173. The number of carbonyl (C=O) groups is 2. The van der Waals surface area contributed by atoms with Gasteiger partial charge in [0.05, 0.1) is 5.69 Å². The number of hydrogen-bond acceptors (Lipinski definition) is 4. The molecule has 0 atom stereocenters. The van der Waals surface area contributed by atoms with Gasteiger partial charge in [0.15, 0.2) is 6.61 Å². The first-order chi connectivity index (χ1) is 12.3. The van der Waals surface area contributed by atoms with Crippen molar-refractivity contribution < 1.29 is 32.2 Å². The van der Waals surface area contributed by atoms with Crippen LogP contribution in [0.25, 0.3) is 0 Å². The van der Waals surface area contributed by atoms with Crippen LogP contribution in [0.2, 0.25) is 0 Å². The molecule has 0 aromatic heterocycles. The standard InChI is InChI=1S/C17H13F3N2O4/c18-17(19,20)26-12-7-5-11(6-8-12)21-15(23)9-22-13-3-1-2-4-14(13)25-10-16(22)24/h1-8H,9-10H2,(H,21,23). The summed E-state index contributed by atoms with van der Waals surface area (Å²) in [5, 5.41) is 2.52. The molecule has 1 aliphatic rings. The fourth-order valence-electron chi connectivity index (χ4n) is 2.41. The summed E-state index contributed by atoms with van der Waals surface area (Å²) in [7, 11) is 0. The van der Waals surface area contributed by atoms with Crippen molar-refractivity contribution in [1.82, 2.24) is 0 Å². The minimum Gasteiger partial charge on any atom is -0.482 e. The quantitative estimate of drug-likeness (QED) is 0.904. The van der Waals surface area contributed by atoms with Gasteiger partial charge in [-0.2, -0.15) is 0 Å². The van der Waals surface area contributed by atoms with Crippen molar-refractivity contribution in [3.05, 3.63) is 48.5 Å². The molecule has 6 nitrogen and oxygen atoms in total. The molecule has 0 saturated heterocycles. The lowest BCUT2D eigenvalue weighted by Crippen LogP contribution is -2.43. The molecule has 0 spiro atoms. The third kappa shape index (κ3) is 4.24. The van der Waals surface area contributed by atoms with Gasteiger partial charge in [0.25, 0.3) is 5.91 Å². The number of nitrogens with zero attached hydrogens (tertiary/aromatic N) is 1. The largest absolute Gasteiger partial charge is 0.573 e. The third-order valence-electron chi connectivity index (χ3n) is 3.48. The van der Waals surface area contributed by atoms with Gasteiger partial charge < -0.3 is 14.8 Å². The summed E-state index contributed by atoms with van der Waals surface area (Å²) < 4.78 is 45.4. The number of alkyl halides is 3. The number of para-hydroxylation sites is 2. The highest BCUT2D eigenvalue weighted by Crippen LogP contribution is 2.31. The zero-order valence-corrected chi connectivity index (χ0v) is 13.2. The first kappa shape index (κ1) is 17.6. The predicted molar refractivity (Wildman–Crippen MR) is 86.0 cm³/mol. The molecule has 9 heteroatoms. The lowest BCUT2D eigenvalue weighted by Gasteiger charge is -2.28. The number of halogens is 3. The fourth-order valence-corrected chi connectivity index (χ4v) is 2.41. The molecule has 0 aliphatic carbocycles. The fraction of sp³-hybridized carbons (Fsp3) is 0.176. The Morgan fingerprint density at radius 2 is 1.85 bits per heavy atom. The highest BCUT2D eigenvalue weighted by atomic mass is 19.4. The normalized spacial score (nSPS) is 13.7. The molecule has 3 rings (SSSR count). The van der Waals surface area contributed by atoms with E-state index in [1.807, 2.05) is 0 Å². The maximum absolute atomic E-state index is 12.2. The van der Waals surface area contributed by atoms with Gasteiger partial charge in [-0.3, -0.25) is 14.5 Å². The molecule has 26 heavy (non-hydrogen) atoms. The van der Waals surface area contributed by atoms with Crippen molar-refractivity contribution in [3.63, 3.8) is 0 Å². The van der Waals surface area contributed by atoms with Crippen molar-refractivity contribution in [3.8, 4) is 11.5 Å². The van der Waals surface area contributed by atoms with Crippen molar-refractivity contribution in [2.45, 2.75) is 6.36 Å². The van der Waals surface area contributed by atoms with Crippen LogP contribution in [-0.4, -0.2) is 31.3 Å². The number of ether oxygens (including phenoxy) is 2. The van der Waals surface area contributed by atoms with Crippen LogP contribution in [-0.2, 0) is 9.59 Å². The molecule has 0 saturated carbocycles. The Hall–Kier alpha value is -3.23. The summed E-state index contributed by atoms with van der Waals surface area (Å²) in [5.74, 6) is -0.770. The molecule has 0 fully saturated rings. The van der Waals surface area contributed by atoms with Crippen molar-refractivity contribution >= 4 is 23.2 Å². The Balaban J connectivity index is 1.65. The van der Waals surface area contributed by atoms with E-state index in [1.165, 1.54) is 17.0 Å². The predicted octanol–water partition coefficient (Wildman–Crippen LogP) is 2.95. The molecule has 0 unspecified atom stereocenters. The lowest BCUT2D eigenvalue weighted by atomic mass is 10.2. The molecule has 2 aromatic carbocycles. The molecule has 0 bridgehead atoms. The van der Waals surface area contributed by atoms with Crippen molar-refractivity contribution in [1.29, 1.82) is 0 Å². The minimum atomic E-state index is -4.78. The van der Waals surface area contributed by atoms with E-state index < -0.39 is 18.0 Å². The van der Waals surface area contributed by atoms with Crippen LogP contribution >= 0.6 is 0 Å². The maximum Gasteiger partial charge on any atom is 0.573 e. The van der Waals surface area contributed by atoms with E-state index in [-0.39, 0.29) is 24.7 Å². The van der Waals surface area contributed by atoms with Gasteiger partial charge in [0.1, 0.15) is 18.0 Å². The maximum atomic E-state index is 12.2. The van der Waals surface area contributed by atoms with E-state index in [0.717, 1.165) is 12.1 Å². The molecule has 2 aromatic rings. The van der Waals surface area contributed by atoms with Crippen LogP contribution in [0.3, 0.4) is 0 Å². The zero-order chi connectivity index (χ0) is 18.7. The number of benzene rings is 2. The van der Waals surface area contributed by atoms with Crippen LogP contribution in [0, 0.1) is 0 Å². The number of nitrogens with one attached hydrogen (secondary N) is 1. The monoisotopic (exact) mass is 366 g/mol. The van der Waals surface area contributed by atoms with Gasteiger partial charge in [-0.05, 0) is 36.4 Å². The topological polar surface area (TPSA) is 67.9 Å². The summed E-state index contributed by atoms with van der Waals surface area (Å²) in [6, 6.07) is 11.5. The SMILES string of the molecule is O=C(CN1C(=O)COc2ccccc21)Nc1ccc(OC(F)(F)F)cc1. The molecule has 0 radical (unpaired) electrons. The molecule has 136 valence electrons. The van der Waals surface area contributed by atoms with Crippen LogP contribution < -0.4 is 19.7 Å². The van der Waals surface area contributed by atoms with Gasteiger partial charge in [-0.1, -0.05) is 12.1 Å². The van der Waals surface area contributed by atoms with Gasteiger partial charge in [-0.25, -0.2) is 0 Å². The van der Waals surface area contributed by atoms with Gasteiger partial charge >= 0.3 is 6.36 Å². The number of fused-ring (bicyclic) bond motifs is 1. The van der Waals surface area contributed by atoms with E-state index in [9.17, 15) is 22.8 Å². The average Bonchev–Trinajstić information content (AvgIpc) is 2.58. The van der Waals surface area contributed by atoms with Crippen molar-refractivity contribution in [2.75, 3.05) is 23.4 Å². The van der Waals surface area contributed by atoms with Crippen LogP contribution in [0.4, 0.5) is 24.5 Å². The second-order valence-corrected chi connectivity index (χ2v) is 5.36. The molecule has 1 N–H and O–H groups in total. The number of hydrogen-bond donors (Lipinski definition) is 1. The van der Waals surface area contributed by atoms with Crippen LogP contribution in [0.15, 0.2) is 48.5 Å². The molecular formula is C17H13F3N2O4. The Bertz CT molecular complexity index is 822. The van der Waals surface area contributed by atoms with Crippen LogP contribution in [0.5, 0.6) is 11.5 Å². The van der Waals surface area contributed by atoms with Gasteiger partial charge in [-0.15, -0.1) is 13.2 Å². The number of anilines is 2. The summed E-state index contributed by atoms with van der Waals surface area (Å²) in [6.07, 6.45) is -4.78. The summed E-state index contributed by atoms with van der Waals surface area (Å²) in [6.45, 7) is -0.423. The number of rotatable bonds is 4. The highest BCUT2D eigenvalue weighted by Gasteiger charge is 2.31. The first-order valence-electron chi connectivity index (χ1n) is 7.50. The number of amides is 2. The Morgan fingerprint density at radius 1 is 1.15 bits per heavy atom. The zero-order valence-electron chi connectivity index (χ0n) is 13.2. The Labute approximate surface area is 146 Å². The van der Waals surface area contributed by atoms with E-state index in [4.69, 9.17) is 4.74 Å². The molecular weight excluding hydrogens is 353 g/mol. The second-order valence-electron chi connectivity index (χ2n) is 5.36. The van der Waals surface area contributed by atoms with E-state index in [0.29, 0.717) is 11.4 Å². The summed E-state index contributed by atoms with van der Waals surface area (Å²) in [4.78, 5) is 25.5. The van der Waals surface area contributed by atoms with Gasteiger partial charge in [0.2, 0.25) is 5.91 Å². The molecule has 2 amide bonds. The van der Waals surface area contributed by atoms with Crippen molar-refractivity contribution in [2.24, 2.45) is 0 Å². The summed E-state index contributed by atoms with van der Waals surface area (Å²) >= 11 is 0. The Morgan fingerprint density at radius 3 is 2.54 bits per heavy atom. The first-order valence-corrected chi connectivity index (χ1v) is 7.50.